The lowest BCUT2D eigenvalue weighted by Crippen LogP contribution is -2.17. The maximum absolute atomic E-state index is 9.02. The van der Waals surface area contributed by atoms with Crippen molar-refractivity contribution in [2.24, 2.45) is 0 Å². The van der Waals surface area contributed by atoms with Gasteiger partial charge >= 0.3 is 0 Å². The van der Waals surface area contributed by atoms with Gasteiger partial charge in [-0.3, -0.25) is 0 Å². The van der Waals surface area contributed by atoms with Gasteiger partial charge in [0.15, 0.2) is 0 Å². The van der Waals surface area contributed by atoms with E-state index in [1.165, 1.54) is 0 Å². The van der Waals surface area contributed by atoms with Crippen molar-refractivity contribution in [2.45, 2.75) is 26.3 Å². The van der Waals surface area contributed by atoms with Gasteiger partial charge in [-0.1, -0.05) is 6.07 Å². The summed E-state index contributed by atoms with van der Waals surface area (Å²) in [4.78, 5) is 0. The summed E-state index contributed by atoms with van der Waals surface area (Å²) >= 11 is 0. The van der Waals surface area contributed by atoms with E-state index in [2.05, 4.69) is 18.3 Å². The molecule has 86 valence electrons. The summed E-state index contributed by atoms with van der Waals surface area (Å²) < 4.78 is 5.02. The number of methoxy groups -OCH3 is 1. The van der Waals surface area contributed by atoms with E-state index < -0.39 is 0 Å². The number of nitrogens with zero attached hydrogens (tertiary/aromatic N) is 1. The number of hydrogen-bond donors (Lipinski definition) is 1. The van der Waals surface area contributed by atoms with Crippen molar-refractivity contribution < 1.29 is 4.74 Å². The van der Waals surface area contributed by atoms with Crippen molar-refractivity contribution in [3.8, 4) is 6.07 Å². The Labute approximate surface area is 97.0 Å². The highest BCUT2D eigenvalue weighted by Gasteiger charge is 2.06. The van der Waals surface area contributed by atoms with Gasteiger partial charge in [0.25, 0.3) is 0 Å². The van der Waals surface area contributed by atoms with E-state index >= 15 is 0 Å². The van der Waals surface area contributed by atoms with Gasteiger partial charge in [0, 0.05) is 19.8 Å². The molecule has 0 aliphatic rings. The molecule has 1 aromatic carbocycles. The molecular weight excluding hydrogens is 200 g/mol. The number of benzene rings is 1. The second-order valence-corrected chi connectivity index (χ2v) is 3.99. The van der Waals surface area contributed by atoms with Gasteiger partial charge in [-0.05, 0) is 38.0 Å². The monoisotopic (exact) mass is 218 g/mol. The summed E-state index contributed by atoms with van der Waals surface area (Å²) in [6.07, 6.45) is 0.926. The largest absolute Gasteiger partial charge is 0.385 e. The third kappa shape index (κ3) is 3.56. The van der Waals surface area contributed by atoms with Crippen LogP contribution in [-0.2, 0) is 4.74 Å². The standard InChI is InChI=1S/C13H18N2O/c1-10-4-5-13(12(8-10)9-14)15-11(2)6-7-16-3/h4-5,8,11,15H,6-7H2,1-3H3. The summed E-state index contributed by atoms with van der Waals surface area (Å²) in [6.45, 7) is 4.79. The van der Waals surface area contributed by atoms with Crippen molar-refractivity contribution in [1.29, 1.82) is 5.26 Å². The minimum atomic E-state index is 0.301. The first kappa shape index (κ1) is 12.5. The molecule has 3 nitrogen and oxygen atoms in total. The Kier molecular flexibility index (Phi) is 4.81. The number of anilines is 1. The van der Waals surface area contributed by atoms with Gasteiger partial charge in [-0.2, -0.15) is 5.26 Å². The zero-order valence-electron chi connectivity index (χ0n) is 10.1. The Balaban J connectivity index is 2.70. The number of aryl methyl sites for hydroxylation is 1. The first-order valence-corrected chi connectivity index (χ1v) is 5.43. The number of ether oxygens (including phenoxy) is 1. The molecule has 1 unspecified atom stereocenters. The molecule has 0 spiro atoms. The second-order valence-electron chi connectivity index (χ2n) is 3.99. The first-order valence-electron chi connectivity index (χ1n) is 5.43. The van der Waals surface area contributed by atoms with Gasteiger partial charge in [-0.25, -0.2) is 0 Å². The molecule has 0 saturated heterocycles. The van der Waals surface area contributed by atoms with Crippen LogP contribution in [-0.4, -0.2) is 19.8 Å². The van der Waals surface area contributed by atoms with Crippen molar-refractivity contribution in [2.75, 3.05) is 19.0 Å². The van der Waals surface area contributed by atoms with E-state index in [1.807, 2.05) is 25.1 Å². The molecule has 0 aliphatic heterocycles. The molecule has 0 aromatic heterocycles. The van der Waals surface area contributed by atoms with E-state index in [-0.39, 0.29) is 0 Å². The van der Waals surface area contributed by atoms with E-state index in [1.54, 1.807) is 7.11 Å². The molecule has 0 fully saturated rings. The Morgan fingerprint density at radius 3 is 2.88 bits per heavy atom. The number of rotatable bonds is 5. The molecule has 1 aromatic rings. The predicted molar refractivity (Wildman–Crippen MR) is 65.5 cm³/mol. The summed E-state index contributed by atoms with van der Waals surface area (Å²) in [7, 11) is 1.69. The van der Waals surface area contributed by atoms with Crippen LogP contribution in [0.15, 0.2) is 18.2 Å². The quantitative estimate of drug-likeness (QED) is 0.826. The van der Waals surface area contributed by atoms with Gasteiger partial charge < -0.3 is 10.1 Å². The lowest BCUT2D eigenvalue weighted by atomic mass is 10.1. The van der Waals surface area contributed by atoms with E-state index in [9.17, 15) is 0 Å². The fraction of sp³-hybridized carbons (Fsp3) is 0.462. The van der Waals surface area contributed by atoms with Crippen LogP contribution >= 0.6 is 0 Å². The molecule has 0 heterocycles. The van der Waals surface area contributed by atoms with Crippen LogP contribution < -0.4 is 5.32 Å². The van der Waals surface area contributed by atoms with Crippen LogP contribution in [0.3, 0.4) is 0 Å². The van der Waals surface area contributed by atoms with Crippen LogP contribution in [0.1, 0.15) is 24.5 Å². The van der Waals surface area contributed by atoms with Crippen LogP contribution in [0.4, 0.5) is 5.69 Å². The van der Waals surface area contributed by atoms with Gasteiger partial charge in [0.05, 0.1) is 11.3 Å². The Hall–Kier alpha value is -1.53. The van der Waals surface area contributed by atoms with Crippen LogP contribution in [0, 0.1) is 18.3 Å². The van der Waals surface area contributed by atoms with E-state index in [0.717, 1.165) is 24.3 Å². The topological polar surface area (TPSA) is 45.0 Å². The number of hydrogen-bond acceptors (Lipinski definition) is 3. The molecular formula is C13H18N2O. The molecule has 16 heavy (non-hydrogen) atoms. The zero-order valence-corrected chi connectivity index (χ0v) is 10.1. The molecule has 0 amide bonds. The predicted octanol–water partition coefficient (Wildman–Crippen LogP) is 2.70. The first-order chi connectivity index (χ1) is 7.67. The zero-order chi connectivity index (χ0) is 12.0. The number of nitriles is 1. The summed E-state index contributed by atoms with van der Waals surface area (Å²) in [5.41, 5.74) is 2.70. The fourth-order valence-electron chi connectivity index (χ4n) is 1.51. The molecule has 3 heteroatoms. The Morgan fingerprint density at radius 1 is 1.50 bits per heavy atom. The maximum atomic E-state index is 9.02. The average Bonchev–Trinajstić information content (AvgIpc) is 2.28. The van der Waals surface area contributed by atoms with E-state index in [4.69, 9.17) is 10.00 Å². The van der Waals surface area contributed by atoms with Crippen molar-refractivity contribution in [3.05, 3.63) is 29.3 Å². The lowest BCUT2D eigenvalue weighted by molar-refractivity contribution is 0.191. The Morgan fingerprint density at radius 2 is 2.25 bits per heavy atom. The van der Waals surface area contributed by atoms with Crippen LogP contribution in [0.5, 0.6) is 0 Å². The highest BCUT2D eigenvalue weighted by atomic mass is 16.5. The SMILES string of the molecule is COCCC(C)Nc1ccc(C)cc1C#N. The minimum Gasteiger partial charge on any atom is -0.385 e. The highest BCUT2D eigenvalue weighted by molar-refractivity contribution is 5.58. The van der Waals surface area contributed by atoms with Crippen LogP contribution in [0.2, 0.25) is 0 Å². The summed E-state index contributed by atoms with van der Waals surface area (Å²) in [5, 5.41) is 12.3. The molecule has 1 atom stereocenters. The van der Waals surface area contributed by atoms with Gasteiger partial charge in [-0.15, -0.1) is 0 Å². The highest BCUT2D eigenvalue weighted by Crippen LogP contribution is 2.17. The summed E-state index contributed by atoms with van der Waals surface area (Å²) in [5.74, 6) is 0. The Bertz CT molecular complexity index is 382. The minimum absolute atomic E-state index is 0.301. The van der Waals surface area contributed by atoms with Gasteiger partial charge in [0.2, 0.25) is 0 Å². The van der Waals surface area contributed by atoms with Crippen LogP contribution in [0.25, 0.3) is 0 Å². The summed E-state index contributed by atoms with van der Waals surface area (Å²) in [6, 6.07) is 8.36. The van der Waals surface area contributed by atoms with E-state index in [0.29, 0.717) is 11.6 Å². The molecule has 0 aliphatic carbocycles. The fourth-order valence-corrected chi connectivity index (χ4v) is 1.51. The smallest absolute Gasteiger partial charge is 0.101 e. The van der Waals surface area contributed by atoms with Gasteiger partial charge in [0.1, 0.15) is 6.07 Å². The molecule has 0 radical (unpaired) electrons. The van der Waals surface area contributed by atoms with Crippen molar-refractivity contribution in [1.82, 2.24) is 0 Å². The maximum Gasteiger partial charge on any atom is 0.101 e. The van der Waals surface area contributed by atoms with Crippen molar-refractivity contribution in [3.63, 3.8) is 0 Å². The normalized spacial score (nSPS) is 11.9. The third-order valence-electron chi connectivity index (χ3n) is 2.45. The molecule has 0 saturated carbocycles. The molecule has 1 N–H and O–H groups in total. The number of nitrogens with one attached hydrogen (secondary N) is 1. The van der Waals surface area contributed by atoms with Crippen molar-refractivity contribution >= 4 is 5.69 Å². The second kappa shape index (κ2) is 6.14. The average molecular weight is 218 g/mol. The third-order valence-corrected chi connectivity index (χ3v) is 2.45. The molecule has 1 rings (SSSR count). The lowest BCUT2D eigenvalue weighted by Gasteiger charge is -2.16. The molecule has 0 bridgehead atoms.